The number of nitrogen functional groups attached to an aromatic ring is 1. The van der Waals surface area contributed by atoms with Gasteiger partial charge in [0.05, 0.1) is 0 Å². The van der Waals surface area contributed by atoms with E-state index in [0.717, 1.165) is 0 Å². The van der Waals surface area contributed by atoms with E-state index in [1.165, 1.54) is 0 Å². The molecule has 0 aliphatic heterocycles. The lowest BCUT2D eigenvalue weighted by Crippen LogP contribution is -2.13. The van der Waals surface area contributed by atoms with Crippen molar-refractivity contribution in [3.63, 3.8) is 0 Å². The SMILES string of the molecule is CCC(C)(F)c1ccc(N)cc1. The van der Waals surface area contributed by atoms with Crippen molar-refractivity contribution < 1.29 is 4.39 Å². The third-order valence-corrected chi connectivity index (χ3v) is 2.18. The van der Waals surface area contributed by atoms with Crippen LogP contribution in [0, 0.1) is 0 Å². The first kappa shape index (κ1) is 9.04. The van der Waals surface area contributed by atoms with Crippen LogP contribution in [0.25, 0.3) is 0 Å². The molecule has 0 radical (unpaired) electrons. The summed E-state index contributed by atoms with van der Waals surface area (Å²) in [6.07, 6.45) is 0.483. The Morgan fingerprint density at radius 2 is 1.83 bits per heavy atom. The standard InChI is InChI=1S/C10H14FN/c1-3-10(2,11)8-4-6-9(12)7-5-8/h4-7H,3,12H2,1-2H3. The van der Waals surface area contributed by atoms with E-state index in [0.29, 0.717) is 17.7 Å². The maximum atomic E-state index is 13.6. The Kier molecular flexibility index (Phi) is 2.36. The number of halogens is 1. The monoisotopic (exact) mass is 167 g/mol. The average Bonchev–Trinajstić information content (AvgIpc) is 2.05. The van der Waals surface area contributed by atoms with Crippen LogP contribution in [0.5, 0.6) is 0 Å². The molecule has 2 N–H and O–H groups in total. The van der Waals surface area contributed by atoms with E-state index in [9.17, 15) is 4.39 Å². The van der Waals surface area contributed by atoms with Gasteiger partial charge in [-0.1, -0.05) is 19.1 Å². The highest BCUT2D eigenvalue weighted by Crippen LogP contribution is 2.28. The molecule has 0 aliphatic carbocycles. The van der Waals surface area contributed by atoms with Crippen LogP contribution in [-0.2, 0) is 5.67 Å². The van der Waals surface area contributed by atoms with Gasteiger partial charge in [-0.3, -0.25) is 0 Å². The van der Waals surface area contributed by atoms with Gasteiger partial charge in [0.25, 0.3) is 0 Å². The first-order valence-electron chi connectivity index (χ1n) is 4.11. The van der Waals surface area contributed by atoms with E-state index in [-0.39, 0.29) is 0 Å². The predicted octanol–water partition coefficient (Wildman–Crippen LogP) is 2.86. The molecule has 1 nitrogen and oxygen atoms in total. The zero-order valence-corrected chi connectivity index (χ0v) is 7.47. The summed E-state index contributed by atoms with van der Waals surface area (Å²) in [5.41, 5.74) is 5.63. The minimum absolute atomic E-state index is 0.483. The van der Waals surface area contributed by atoms with E-state index < -0.39 is 5.67 Å². The summed E-state index contributed by atoms with van der Waals surface area (Å²) in [6.45, 7) is 3.41. The van der Waals surface area contributed by atoms with Gasteiger partial charge in [0.1, 0.15) is 5.67 Å². The van der Waals surface area contributed by atoms with Gasteiger partial charge in [-0.05, 0) is 31.0 Å². The fourth-order valence-corrected chi connectivity index (χ4v) is 1.03. The molecule has 0 spiro atoms. The quantitative estimate of drug-likeness (QED) is 0.673. The Bertz CT molecular complexity index is 251. The van der Waals surface area contributed by atoms with Crippen LogP contribution >= 0.6 is 0 Å². The number of benzene rings is 1. The van der Waals surface area contributed by atoms with Gasteiger partial charge < -0.3 is 5.73 Å². The molecule has 0 aliphatic rings. The number of hydrogen-bond donors (Lipinski definition) is 1. The Morgan fingerprint density at radius 3 is 2.25 bits per heavy atom. The molecule has 0 aromatic heterocycles. The minimum Gasteiger partial charge on any atom is -0.399 e. The smallest absolute Gasteiger partial charge is 0.133 e. The van der Waals surface area contributed by atoms with Crippen LogP contribution in [0.2, 0.25) is 0 Å². The Morgan fingerprint density at radius 1 is 1.33 bits per heavy atom. The topological polar surface area (TPSA) is 26.0 Å². The lowest BCUT2D eigenvalue weighted by molar-refractivity contribution is 0.185. The fourth-order valence-electron chi connectivity index (χ4n) is 1.03. The van der Waals surface area contributed by atoms with Gasteiger partial charge in [-0.2, -0.15) is 0 Å². The van der Waals surface area contributed by atoms with Crippen LogP contribution < -0.4 is 5.73 Å². The zero-order chi connectivity index (χ0) is 9.19. The molecule has 2 heteroatoms. The second-order valence-electron chi connectivity index (χ2n) is 3.17. The summed E-state index contributed by atoms with van der Waals surface area (Å²) in [5.74, 6) is 0. The van der Waals surface area contributed by atoms with Gasteiger partial charge in [-0.15, -0.1) is 0 Å². The average molecular weight is 167 g/mol. The summed E-state index contributed by atoms with van der Waals surface area (Å²) in [4.78, 5) is 0. The van der Waals surface area contributed by atoms with Gasteiger partial charge in [-0.25, -0.2) is 4.39 Å². The molecular weight excluding hydrogens is 153 g/mol. The molecule has 0 saturated carbocycles. The molecule has 12 heavy (non-hydrogen) atoms. The molecule has 66 valence electrons. The second-order valence-corrected chi connectivity index (χ2v) is 3.17. The normalized spacial score (nSPS) is 15.6. The minimum atomic E-state index is -1.23. The Hall–Kier alpha value is -1.05. The van der Waals surface area contributed by atoms with Gasteiger partial charge in [0.15, 0.2) is 0 Å². The summed E-state index contributed by atoms with van der Waals surface area (Å²) in [7, 11) is 0. The number of rotatable bonds is 2. The third kappa shape index (κ3) is 1.76. The highest BCUT2D eigenvalue weighted by Gasteiger charge is 2.22. The predicted molar refractivity (Wildman–Crippen MR) is 49.6 cm³/mol. The largest absolute Gasteiger partial charge is 0.399 e. The van der Waals surface area contributed by atoms with Gasteiger partial charge in [0.2, 0.25) is 0 Å². The van der Waals surface area contributed by atoms with Crippen LogP contribution in [0.4, 0.5) is 10.1 Å². The molecule has 0 bridgehead atoms. The molecule has 0 saturated heterocycles. The first-order valence-corrected chi connectivity index (χ1v) is 4.11. The summed E-state index contributed by atoms with van der Waals surface area (Å²) in [5, 5.41) is 0. The van der Waals surface area contributed by atoms with Crippen LogP contribution in [0.3, 0.4) is 0 Å². The number of anilines is 1. The van der Waals surface area contributed by atoms with Crippen molar-refractivity contribution in [1.29, 1.82) is 0 Å². The Labute approximate surface area is 72.4 Å². The van der Waals surface area contributed by atoms with Crippen molar-refractivity contribution in [3.05, 3.63) is 29.8 Å². The number of hydrogen-bond acceptors (Lipinski definition) is 1. The van der Waals surface area contributed by atoms with Gasteiger partial charge in [0, 0.05) is 5.69 Å². The van der Waals surface area contributed by atoms with Crippen molar-refractivity contribution in [2.75, 3.05) is 5.73 Å². The third-order valence-electron chi connectivity index (χ3n) is 2.18. The van der Waals surface area contributed by atoms with Crippen molar-refractivity contribution in [2.45, 2.75) is 25.9 Å². The summed E-state index contributed by atoms with van der Waals surface area (Å²) < 4.78 is 13.6. The molecule has 1 aromatic rings. The van der Waals surface area contributed by atoms with Crippen LogP contribution in [0.1, 0.15) is 25.8 Å². The summed E-state index contributed by atoms with van der Waals surface area (Å²) in [6, 6.07) is 6.92. The maximum absolute atomic E-state index is 13.6. The molecule has 1 aromatic carbocycles. The van der Waals surface area contributed by atoms with Gasteiger partial charge >= 0.3 is 0 Å². The molecule has 1 atom stereocenters. The molecule has 0 fully saturated rings. The van der Waals surface area contributed by atoms with E-state index in [1.807, 2.05) is 6.92 Å². The van der Waals surface area contributed by atoms with Crippen LogP contribution in [0.15, 0.2) is 24.3 Å². The Balaban J connectivity index is 2.96. The van der Waals surface area contributed by atoms with Crippen LogP contribution in [-0.4, -0.2) is 0 Å². The van der Waals surface area contributed by atoms with Crippen molar-refractivity contribution in [3.8, 4) is 0 Å². The van der Waals surface area contributed by atoms with E-state index in [4.69, 9.17) is 5.73 Å². The summed E-state index contributed by atoms with van der Waals surface area (Å²) >= 11 is 0. The zero-order valence-electron chi connectivity index (χ0n) is 7.47. The second kappa shape index (κ2) is 3.13. The fraction of sp³-hybridized carbons (Fsp3) is 0.400. The lowest BCUT2D eigenvalue weighted by atomic mass is 9.95. The van der Waals surface area contributed by atoms with E-state index >= 15 is 0 Å². The van der Waals surface area contributed by atoms with Crippen molar-refractivity contribution in [1.82, 2.24) is 0 Å². The lowest BCUT2D eigenvalue weighted by Gasteiger charge is -2.18. The highest BCUT2D eigenvalue weighted by atomic mass is 19.1. The van der Waals surface area contributed by atoms with E-state index in [1.54, 1.807) is 31.2 Å². The highest BCUT2D eigenvalue weighted by molar-refractivity contribution is 5.40. The maximum Gasteiger partial charge on any atom is 0.133 e. The molecule has 1 rings (SSSR count). The van der Waals surface area contributed by atoms with Crippen molar-refractivity contribution in [2.24, 2.45) is 0 Å². The molecular formula is C10H14FN. The van der Waals surface area contributed by atoms with Crippen molar-refractivity contribution >= 4 is 5.69 Å². The number of nitrogens with two attached hydrogens (primary N) is 1. The number of alkyl halides is 1. The van der Waals surface area contributed by atoms with E-state index in [2.05, 4.69) is 0 Å². The first-order chi connectivity index (χ1) is 5.56. The molecule has 0 amide bonds. The molecule has 1 unspecified atom stereocenters. The molecule has 0 heterocycles.